The molecule has 0 fully saturated rings. The number of hydrogen-bond acceptors (Lipinski definition) is 4. The molecule has 94 valence electrons. The van der Waals surface area contributed by atoms with Crippen LogP contribution in [0.4, 0.5) is 5.69 Å². The predicted octanol–water partition coefficient (Wildman–Crippen LogP) is 1.55. The largest absolute Gasteiger partial charge is 0.480 e. The van der Waals surface area contributed by atoms with Crippen LogP contribution in [0.25, 0.3) is 0 Å². The summed E-state index contributed by atoms with van der Waals surface area (Å²) in [6, 6.07) is 3.49. The van der Waals surface area contributed by atoms with E-state index in [-0.39, 0.29) is 11.4 Å². The molecular weight excluding hydrogens is 218 g/mol. The number of nitrogens with two attached hydrogens (primary N) is 1. The van der Waals surface area contributed by atoms with E-state index in [1.54, 1.807) is 18.3 Å². The van der Waals surface area contributed by atoms with Crippen molar-refractivity contribution in [3.05, 3.63) is 18.3 Å². The second kappa shape index (κ2) is 5.63. The molecule has 0 radical (unpaired) electrons. The Morgan fingerprint density at radius 1 is 1.59 bits per heavy atom. The maximum atomic E-state index is 11.7. The van der Waals surface area contributed by atoms with E-state index in [4.69, 9.17) is 10.5 Å². The van der Waals surface area contributed by atoms with Gasteiger partial charge in [-0.05, 0) is 32.4 Å². The highest BCUT2D eigenvalue weighted by molar-refractivity contribution is 5.91. The molecule has 5 nitrogen and oxygen atoms in total. The Labute approximate surface area is 101 Å². The molecule has 1 rings (SSSR count). The lowest BCUT2D eigenvalue weighted by Crippen LogP contribution is -2.33. The molecule has 5 heteroatoms. The zero-order valence-electron chi connectivity index (χ0n) is 10.5. The number of pyridine rings is 1. The summed E-state index contributed by atoms with van der Waals surface area (Å²) < 4.78 is 5.04. The van der Waals surface area contributed by atoms with E-state index in [0.717, 1.165) is 0 Å². The van der Waals surface area contributed by atoms with Crippen LogP contribution < -0.4 is 15.8 Å². The van der Waals surface area contributed by atoms with E-state index in [1.165, 1.54) is 7.11 Å². The third kappa shape index (κ3) is 4.82. The second-order valence-corrected chi connectivity index (χ2v) is 4.60. The minimum Gasteiger partial charge on any atom is -0.480 e. The van der Waals surface area contributed by atoms with Crippen LogP contribution in [-0.4, -0.2) is 23.5 Å². The molecule has 0 aliphatic heterocycles. The van der Waals surface area contributed by atoms with Crippen LogP contribution in [0.2, 0.25) is 0 Å². The van der Waals surface area contributed by atoms with Gasteiger partial charge in [-0.15, -0.1) is 0 Å². The van der Waals surface area contributed by atoms with Gasteiger partial charge in [0.25, 0.3) is 0 Å². The topological polar surface area (TPSA) is 77.2 Å². The van der Waals surface area contributed by atoms with Gasteiger partial charge in [-0.1, -0.05) is 0 Å². The summed E-state index contributed by atoms with van der Waals surface area (Å²) >= 11 is 0. The molecule has 0 unspecified atom stereocenters. The van der Waals surface area contributed by atoms with Gasteiger partial charge >= 0.3 is 0 Å². The Morgan fingerprint density at radius 3 is 2.88 bits per heavy atom. The summed E-state index contributed by atoms with van der Waals surface area (Å²) in [6.07, 6.45) is 2.61. The fourth-order valence-electron chi connectivity index (χ4n) is 1.30. The predicted molar refractivity (Wildman–Crippen MR) is 66.9 cm³/mol. The fraction of sp³-hybridized carbons (Fsp3) is 0.500. The summed E-state index contributed by atoms with van der Waals surface area (Å²) in [5.41, 5.74) is 6.06. The molecule has 0 atom stereocenters. The van der Waals surface area contributed by atoms with Crippen molar-refractivity contribution in [2.75, 3.05) is 12.4 Å². The number of hydrogen-bond donors (Lipinski definition) is 2. The van der Waals surface area contributed by atoms with Gasteiger partial charge in [-0.25, -0.2) is 4.98 Å². The first-order chi connectivity index (χ1) is 7.92. The highest BCUT2D eigenvalue weighted by atomic mass is 16.5. The molecule has 1 aromatic heterocycles. The van der Waals surface area contributed by atoms with Gasteiger partial charge in [-0.3, -0.25) is 4.79 Å². The molecule has 0 bridgehead atoms. The van der Waals surface area contributed by atoms with E-state index in [0.29, 0.717) is 24.4 Å². The number of ether oxygens (including phenoxy) is 1. The van der Waals surface area contributed by atoms with Gasteiger partial charge in [0.15, 0.2) is 0 Å². The van der Waals surface area contributed by atoms with Crippen molar-refractivity contribution >= 4 is 11.6 Å². The average molecular weight is 237 g/mol. The van der Waals surface area contributed by atoms with Crippen molar-refractivity contribution in [2.24, 2.45) is 5.73 Å². The molecule has 1 aromatic rings. The standard InChI is InChI=1S/C12H19N3O2/c1-12(2,13)7-6-10(16)15-9-5-4-8-14-11(9)17-3/h4-5,8H,6-7,13H2,1-3H3,(H,15,16). The maximum absolute atomic E-state index is 11.7. The number of aromatic nitrogens is 1. The fourth-order valence-corrected chi connectivity index (χ4v) is 1.30. The average Bonchev–Trinajstić information content (AvgIpc) is 2.26. The Bertz CT molecular complexity index is 386. The minimum atomic E-state index is -0.337. The lowest BCUT2D eigenvalue weighted by molar-refractivity contribution is -0.116. The monoisotopic (exact) mass is 237 g/mol. The number of rotatable bonds is 5. The Kier molecular flexibility index (Phi) is 4.45. The van der Waals surface area contributed by atoms with E-state index in [9.17, 15) is 4.79 Å². The van der Waals surface area contributed by atoms with Gasteiger partial charge in [0.1, 0.15) is 5.69 Å². The van der Waals surface area contributed by atoms with Crippen molar-refractivity contribution in [1.29, 1.82) is 0 Å². The molecule has 0 aromatic carbocycles. The molecule has 17 heavy (non-hydrogen) atoms. The Morgan fingerprint density at radius 2 is 2.29 bits per heavy atom. The first kappa shape index (κ1) is 13.4. The molecule has 1 heterocycles. The number of nitrogens with one attached hydrogen (secondary N) is 1. The third-order valence-corrected chi connectivity index (χ3v) is 2.23. The zero-order valence-corrected chi connectivity index (χ0v) is 10.5. The van der Waals surface area contributed by atoms with Crippen LogP contribution >= 0.6 is 0 Å². The normalized spacial score (nSPS) is 11.1. The van der Waals surface area contributed by atoms with Crippen molar-refractivity contribution in [3.63, 3.8) is 0 Å². The van der Waals surface area contributed by atoms with E-state index >= 15 is 0 Å². The zero-order chi connectivity index (χ0) is 12.9. The molecule has 0 aliphatic rings. The van der Waals surface area contributed by atoms with Crippen LogP contribution in [-0.2, 0) is 4.79 Å². The van der Waals surface area contributed by atoms with Gasteiger partial charge in [0.05, 0.1) is 7.11 Å². The van der Waals surface area contributed by atoms with E-state index < -0.39 is 0 Å². The number of methoxy groups -OCH3 is 1. The highest BCUT2D eigenvalue weighted by Crippen LogP contribution is 2.20. The molecule has 0 spiro atoms. The molecule has 3 N–H and O–H groups in total. The van der Waals surface area contributed by atoms with Crippen LogP contribution in [0.3, 0.4) is 0 Å². The van der Waals surface area contributed by atoms with Crippen LogP contribution in [0, 0.1) is 0 Å². The highest BCUT2D eigenvalue weighted by Gasteiger charge is 2.14. The molecular formula is C12H19N3O2. The van der Waals surface area contributed by atoms with Gasteiger partial charge in [0, 0.05) is 18.2 Å². The van der Waals surface area contributed by atoms with Crippen LogP contribution in [0.15, 0.2) is 18.3 Å². The summed E-state index contributed by atoms with van der Waals surface area (Å²) in [7, 11) is 1.51. The number of amides is 1. The van der Waals surface area contributed by atoms with E-state index in [2.05, 4.69) is 10.3 Å². The Hall–Kier alpha value is -1.62. The third-order valence-electron chi connectivity index (χ3n) is 2.23. The molecule has 0 saturated heterocycles. The van der Waals surface area contributed by atoms with Gasteiger partial charge < -0.3 is 15.8 Å². The first-order valence-electron chi connectivity index (χ1n) is 5.50. The molecule has 0 saturated carbocycles. The van der Waals surface area contributed by atoms with Crippen LogP contribution in [0.5, 0.6) is 5.88 Å². The maximum Gasteiger partial charge on any atom is 0.237 e. The molecule has 1 amide bonds. The number of nitrogens with zero attached hydrogens (tertiary/aromatic N) is 1. The smallest absolute Gasteiger partial charge is 0.237 e. The second-order valence-electron chi connectivity index (χ2n) is 4.60. The first-order valence-corrected chi connectivity index (χ1v) is 5.50. The lowest BCUT2D eigenvalue weighted by atomic mass is 10.00. The van der Waals surface area contributed by atoms with E-state index in [1.807, 2.05) is 13.8 Å². The van der Waals surface area contributed by atoms with Gasteiger partial charge in [0.2, 0.25) is 11.8 Å². The van der Waals surface area contributed by atoms with Crippen molar-refractivity contribution in [1.82, 2.24) is 4.98 Å². The van der Waals surface area contributed by atoms with Crippen LogP contribution in [0.1, 0.15) is 26.7 Å². The van der Waals surface area contributed by atoms with Crippen molar-refractivity contribution < 1.29 is 9.53 Å². The summed E-state index contributed by atoms with van der Waals surface area (Å²) in [5, 5.41) is 2.75. The number of anilines is 1. The quantitative estimate of drug-likeness (QED) is 0.814. The summed E-state index contributed by atoms with van der Waals surface area (Å²) in [5.74, 6) is 0.322. The number of carbonyl (C=O) groups is 1. The molecule has 0 aliphatic carbocycles. The SMILES string of the molecule is COc1ncccc1NC(=O)CCC(C)(C)N. The van der Waals surface area contributed by atoms with Crippen molar-refractivity contribution in [2.45, 2.75) is 32.2 Å². The van der Waals surface area contributed by atoms with Crippen molar-refractivity contribution in [3.8, 4) is 5.88 Å². The van der Waals surface area contributed by atoms with Gasteiger partial charge in [-0.2, -0.15) is 0 Å². The minimum absolute atomic E-state index is 0.0881. The number of carbonyl (C=O) groups excluding carboxylic acids is 1. The summed E-state index contributed by atoms with van der Waals surface area (Å²) in [4.78, 5) is 15.7. The Balaban J connectivity index is 2.56. The summed E-state index contributed by atoms with van der Waals surface area (Å²) in [6.45, 7) is 3.79. The lowest BCUT2D eigenvalue weighted by Gasteiger charge is -2.17.